The van der Waals surface area contributed by atoms with Gasteiger partial charge in [0.25, 0.3) is 10.0 Å². The molecule has 5 nitrogen and oxygen atoms in total. The summed E-state index contributed by atoms with van der Waals surface area (Å²) in [5.74, 6) is 0. The Bertz CT molecular complexity index is 634. The second kappa shape index (κ2) is 6.10. The molecule has 0 spiro atoms. The zero-order valence-corrected chi connectivity index (χ0v) is 15.1. The van der Waals surface area contributed by atoms with Crippen LogP contribution in [-0.2, 0) is 10.0 Å². The lowest BCUT2D eigenvalue weighted by Crippen LogP contribution is -2.59. The van der Waals surface area contributed by atoms with Crippen molar-refractivity contribution in [3.8, 4) is 0 Å². The molecule has 2 heterocycles. The standard InChI is InChI=1S/C12H18ClN3O2S3/c1-12(2,11(14)19)15-5-7-16(8-6-15)21(17,18)10-4-3-9(13)20-10/h3-4H,5-8H2,1-2H3,(H2,14,19). The van der Waals surface area contributed by atoms with Crippen molar-refractivity contribution >= 4 is 50.2 Å². The third kappa shape index (κ3) is 3.40. The number of rotatable bonds is 4. The van der Waals surface area contributed by atoms with Gasteiger partial charge in [0.15, 0.2) is 0 Å². The molecule has 1 fully saturated rings. The van der Waals surface area contributed by atoms with E-state index >= 15 is 0 Å². The Morgan fingerprint density at radius 3 is 2.33 bits per heavy atom. The van der Waals surface area contributed by atoms with Crippen molar-refractivity contribution in [3.63, 3.8) is 0 Å². The van der Waals surface area contributed by atoms with Crippen LogP contribution in [0.5, 0.6) is 0 Å². The van der Waals surface area contributed by atoms with Gasteiger partial charge in [-0.2, -0.15) is 4.31 Å². The van der Waals surface area contributed by atoms with Crippen LogP contribution < -0.4 is 5.73 Å². The van der Waals surface area contributed by atoms with Crippen molar-refractivity contribution in [3.05, 3.63) is 16.5 Å². The summed E-state index contributed by atoms with van der Waals surface area (Å²) < 4.78 is 27.2. The molecule has 21 heavy (non-hydrogen) atoms. The van der Waals surface area contributed by atoms with E-state index in [-0.39, 0.29) is 4.21 Å². The maximum Gasteiger partial charge on any atom is 0.252 e. The van der Waals surface area contributed by atoms with Gasteiger partial charge in [0.05, 0.1) is 14.9 Å². The fraction of sp³-hybridized carbons (Fsp3) is 0.583. The minimum atomic E-state index is -3.45. The molecule has 0 saturated carbocycles. The molecule has 1 aromatic heterocycles. The highest BCUT2D eigenvalue weighted by Crippen LogP contribution is 2.29. The van der Waals surface area contributed by atoms with Crippen LogP contribution in [0.25, 0.3) is 0 Å². The lowest BCUT2D eigenvalue weighted by Gasteiger charge is -2.42. The Kier molecular flexibility index (Phi) is 4.97. The Balaban J connectivity index is 2.09. The smallest absolute Gasteiger partial charge is 0.252 e. The molecular formula is C12H18ClN3O2S3. The molecule has 9 heteroatoms. The maximum atomic E-state index is 12.5. The average Bonchev–Trinajstić information content (AvgIpc) is 2.86. The van der Waals surface area contributed by atoms with Crippen LogP contribution in [0.4, 0.5) is 0 Å². The summed E-state index contributed by atoms with van der Waals surface area (Å²) in [6.45, 7) is 5.95. The first-order valence-corrected chi connectivity index (χ1v) is 9.50. The van der Waals surface area contributed by atoms with Crippen molar-refractivity contribution < 1.29 is 8.42 Å². The molecule has 1 aromatic rings. The molecule has 1 saturated heterocycles. The molecule has 2 N–H and O–H groups in total. The van der Waals surface area contributed by atoms with Crippen LogP contribution in [0.2, 0.25) is 4.34 Å². The fourth-order valence-corrected chi connectivity index (χ4v) is 5.40. The summed E-state index contributed by atoms with van der Waals surface area (Å²) >= 11 is 12.0. The highest BCUT2D eigenvalue weighted by Gasteiger charge is 2.36. The number of sulfonamides is 1. The Morgan fingerprint density at radius 1 is 1.33 bits per heavy atom. The number of thiophene rings is 1. The number of hydrogen-bond acceptors (Lipinski definition) is 5. The van der Waals surface area contributed by atoms with E-state index in [0.717, 1.165) is 11.3 Å². The second-order valence-corrected chi connectivity index (χ2v) is 9.69. The van der Waals surface area contributed by atoms with Crippen LogP contribution in [-0.4, -0.2) is 54.3 Å². The Morgan fingerprint density at radius 2 is 1.90 bits per heavy atom. The van der Waals surface area contributed by atoms with Crippen molar-refractivity contribution in [2.45, 2.75) is 23.6 Å². The minimum Gasteiger partial charge on any atom is -0.392 e. The monoisotopic (exact) mass is 367 g/mol. The van der Waals surface area contributed by atoms with Gasteiger partial charge in [0.2, 0.25) is 0 Å². The number of nitrogens with zero attached hydrogens (tertiary/aromatic N) is 2. The zero-order chi connectivity index (χ0) is 15.8. The molecule has 0 unspecified atom stereocenters. The van der Waals surface area contributed by atoms with Gasteiger partial charge in [-0.1, -0.05) is 23.8 Å². The van der Waals surface area contributed by atoms with Crippen molar-refractivity contribution in [2.75, 3.05) is 26.2 Å². The van der Waals surface area contributed by atoms with Crippen LogP contribution in [0.1, 0.15) is 13.8 Å². The van der Waals surface area contributed by atoms with Crippen molar-refractivity contribution in [1.29, 1.82) is 0 Å². The molecule has 0 amide bonds. The summed E-state index contributed by atoms with van der Waals surface area (Å²) in [5.41, 5.74) is 5.35. The molecule has 0 atom stereocenters. The van der Waals surface area contributed by atoms with E-state index in [9.17, 15) is 8.42 Å². The highest BCUT2D eigenvalue weighted by atomic mass is 35.5. The normalized spacial score (nSPS) is 18.8. The van der Waals surface area contributed by atoms with Gasteiger partial charge >= 0.3 is 0 Å². The second-order valence-electron chi connectivity index (χ2n) is 5.37. The van der Waals surface area contributed by atoms with Gasteiger partial charge in [0.1, 0.15) is 4.21 Å². The number of piperazine rings is 1. The molecule has 1 aliphatic heterocycles. The molecule has 1 aliphatic rings. The molecule has 2 rings (SSSR count). The average molecular weight is 368 g/mol. The summed E-state index contributed by atoms with van der Waals surface area (Å²) in [6, 6.07) is 3.15. The first-order chi connectivity index (χ1) is 9.65. The van der Waals surface area contributed by atoms with Gasteiger partial charge < -0.3 is 5.73 Å². The number of hydrogen-bond donors (Lipinski definition) is 1. The van der Waals surface area contributed by atoms with E-state index < -0.39 is 15.6 Å². The predicted octanol–water partition coefficient (Wildman–Crippen LogP) is 1.77. The molecule has 0 bridgehead atoms. The molecule has 0 aliphatic carbocycles. The molecule has 0 aromatic carbocycles. The SMILES string of the molecule is CC(C)(C(N)=S)N1CCN(S(=O)(=O)c2ccc(Cl)s2)CC1. The van der Waals surface area contributed by atoms with E-state index in [0.29, 0.717) is 35.5 Å². The number of thiocarbonyl (C=S) groups is 1. The predicted molar refractivity (Wildman–Crippen MR) is 90.5 cm³/mol. The molecular weight excluding hydrogens is 350 g/mol. The summed E-state index contributed by atoms with van der Waals surface area (Å²) in [6.07, 6.45) is 0. The third-order valence-electron chi connectivity index (χ3n) is 3.77. The zero-order valence-electron chi connectivity index (χ0n) is 11.9. The number of halogens is 1. The topological polar surface area (TPSA) is 66.6 Å². The third-order valence-corrected chi connectivity index (χ3v) is 7.87. The van der Waals surface area contributed by atoms with E-state index in [1.54, 1.807) is 12.1 Å². The largest absolute Gasteiger partial charge is 0.392 e. The lowest BCUT2D eigenvalue weighted by atomic mass is 10.0. The van der Waals surface area contributed by atoms with Gasteiger partial charge in [-0.05, 0) is 26.0 Å². The van der Waals surface area contributed by atoms with Gasteiger partial charge in [-0.25, -0.2) is 8.42 Å². The van der Waals surface area contributed by atoms with Crippen LogP contribution in [0.3, 0.4) is 0 Å². The van der Waals surface area contributed by atoms with E-state index in [2.05, 4.69) is 4.90 Å². The first-order valence-electron chi connectivity index (χ1n) is 6.46. The Labute approximate surface area is 139 Å². The minimum absolute atomic E-state index is 0.287. The lowest BCUT2D eigenvalue weighted by molar-refractivity contribution is 0.123. The van der Waals surface area contributed by atoms with Gasteiger partial charge in [0, 0.05) is 26.2 Å². The van der Waals surface area contributed by atoms with E-state index in [4.69, 9.17) is 29.6 Å². The first kappa shape index (κ1) is 17.1. The Hall–Kier alpha value is -0.250. The summed E-state index contributed by atoms with van der Waals surface area (Å²) in [4.78, 5) is 2.53. The quantitative estimate of drug-likeness (QED) is 0.821. The van der Waals surface area contributed by atoms with Crippen LogP contribution >= 0.6 is 35.2 Å². The van der Waals surface area contributed by atoms with Gasteiger partial charge in [-0.3, -0.25) is 4.90 Å². The van der Waals surface area contributed by atoms with Gasteiger partial charge in [-0.15, -0.1) is 11.3 Å². The molecule has 118 valence electrons. The summed E-state index contributed by atoms with van der Waals surface area (Å²) in [5, 5.41) is 0. The van der Waals surface area contributed by atoms with Crippen LogP contribution in [0, 0.1) is 0 Å². The summed E-state index contributed by atoms with van der Waals surface area (Å²) in [7, 11) is -3.45. The molecule has 0 radical (unpaired) electrons. The van der Waals surface area contributed by atoms with E-state index in [1.807, 2.05) is 13.8 Å². The highest BCUT2D eigenvalue weighted by molar-refractivity contribution is 7.91. The van der Waals surface area contributed by atoms with Crippen LogP contribution in [0.15, 0.2) is 16.3 Å². The van der Waals surface area contributed by atoms with Crippen molar-refractivity contribution in [2.24, 2.45) is 5.73 Å². The van der Waals surface area contributed by atoms with Crippen molar-refractivity contribution in [1.82, 2.24) is 9.21 Å². The van der Waals surface area contributed by atoms with E-state index in [1.165, 1.54) is 4.31 Å². The maximum absolute atomic E-state index is 12.5. The number of nitrogens with two attached hydrogens (primary N) is 1. The fourth-order valence-electron chi connectivity index (χ4n) is 2.21.